The third kappa shape index (κ3) is 2.53. The van der Waals surface area contributed by atoms with E-state index in [1.54, 1.807) is 25.3 Å². The second kappa shape index (κ2) is 5.48. The van der Waals surface area contributed by atoms with Crippen LogP contribution in [0.15, 0.2) is 24.3 Å². The second-order valence-electron chi connectivity index (χ2n) is 4.66. The Morgan fingerprint density at radius 3 is 2.78 bits per heavy atom. The van der Waals surface area contributed by atoms with Crippen molar-refractivity contribution in [2.75, 3.05) is 20.3 Å². The standard InChI is InChI=1S/C14H18FNO2/c1-18-10-4-9-16-13(17)14(7-8-14)11-5-2-3-6-12(11)15/h2-3,5-6H,4,7-10H2,1H3,(H,16,17). The van der Waals surface area contributed by atoms with Crippen LogP contribution in [0.3, 0.4) is 0 Å². The summed E-state index contributed by atoms with van der Waals surface area (Å²) in [6, 6.07) is 6.53. The zero-order chi connectivity index (χ0) is 13.0. The number of nitrogens with one attached hydrogen (secondary N) is 1. The molecule has 1 aliphatic carbocycles. The molecule has 0 atom stereocenters. The largest absolute Gasteiger partial charge is 0.385 e. The number of rotatable bonds is 6. The lowest BCUT2D eigenvalue weighted by atomic mass is 9.94. The zero-order valence-electron chi connectivity index (χ0n) is 10.5. The van der Waals surface area contributed by atoms with Crippen LogP contribution in [0.4, 0.5) is 4.39 Å². The molecule has 3 nitrogen and oxygen atoms in total. The monoisotopic (exact) mass is 251 g/mol. The van der Waals surface area contributed by atoms with Gasteiger partial charge in [0, 0.05) is 25.8 Å². The van der Waals surface area contributed by atoms with Gasteiger partial charge >= 0.3 is 0 Å². The van der Waals surface area contributed by atoms with E-state index < -0.39 is 5.41 Å². The van der Waals surface area contributed by atoms with Crippen LogP contribution in [0.1, 0.15) is 24.8 Å². The molecule has 2 rings (SSSR count). The summed E-state index contributed by atoms with van der Waals surface area (Å²) in [6.45, 7) is 1.19. The minimum atomic E-state index is -0.627. The van der Waals surface area contributed by atoms with Gasteiger partial charge in [-0.1, -0.05) is 18.2 Å². The fourth-order valence-electron chi connectivity index (χ4n) is 2.18. The van der Waals surface area contributed by atoms with E-state index in [9.17, 15) is 9.18 Å². The molecule has 0 saturated heterocycles. The Kier molecular flexibility index (Phi) is 3.97. The summed E-state index contributed by atoms with van der Waals surface area (Å²) in [5.41, 5.74) is -0.104. The molecule has 0 radical (unpaired) electrons. The first-order chi connectivity index (χ1) is 8.70. The highest BCUT2D eigenvalue weighted by Crippen LogP contribution is 2.49. The quantitative estimate of drug-likeness (QED) is 0.785. The number of methoxy groups -OCH3 is 1. The molecule has 18 heavy (non-hydrogen) atoms. The van der Waals surface area contributed by atoms with Gasteiger partial charge in [-0.25, -0.2) is 4.39 Å². The second-order valence-corrected chi connectivity index (χ2v) is 4.66. The van der Waals surface area contributed by atoms with E-state index >= 15 is 0 Å². The van der Waals surface area contributed by atoms with Gasteiger partial charge in [0.1, 0.15) is 5.82 Å². The zero-order valence-corrected chi connectivity index (χ0v) is 10.5. The highest BCUT2D eigenvalue weighted by atomic mass is 19.1. The summed E-state index contributed by atoms with van der Waals surface area (Å²) < 4.78 is 18.6. The normalized spacial score (nSPS) is 16.3. The Morgan fingerprint density at radius 2 is 2.17 bits per heavy atom. The molecule has 0 unspecified atom stereocenters. The first-order valence-corrected chi connectivity index (χ1v) is 6.23. The lowest BCUT2D eigenvalue weighted by Crippen LogP contribution is -2.36. The molecule has 1 aromatic rings. The molecule has 1 saturated carbocycles. The first kappa shape index (κ1) is 13.0. The maximum Gasteiger partial charge on any atom is 0.230 e. The molecular formula is C14H18FNO2. The van der Waals surface area contributed by atoms with Crippen molar-refractivity contribution in [3.05, 3.63) is 35.6 Å². The van der Waals surface area contributed by atoms with E-state index in [4.69, 9.17) is 4.74 Å². The minimum absolute atomic E-state index is 0.0660. The third-order valence-electron chi connectivity index (χ3n) is 3.38. The summed E-state index contributed by atoms with van der Waals surface area (Å²) in [7, 11) is 1.63. The summed E-state index contributed by atoms with van der Waals surface area (Å²) in [5, 5.41) is 2.86. The molecule has 0 heterocycles. The van der Waals surface area contributed by atoms with E-state index in [1.165, 1.54) is 6.07 Å². The van der Waals surface area contributed by atoms with Gasteiger partial charge in [-0.05, 0) is 25.3 Å². The van der Waals surface area contributed by atoms with E-state index in [1.807, 2.05) is 0 Å². The molecule has 1 N–H and O–H groups in total. The van der Waals surface area contributed by atoms with E-state index in [0.717, 1.165) is 19.3 Å². The molecule has 4 heteroatoms. The predicted octanol–water partition coefficient (Wildman–Crippen LogP) is 2.01. The molecule has 0 spiro atoms. The fourth-order valence-corrected chi connectivity index (χ4v) is 2.18. The van der Waals surface area contributed by atoms with Crippen LogP contribution in [0.2, 0.25) is 0 Å². The molecule has 98 valence electrons. The van der Waals surface area contributed by atoms with Crippen LogP contribution in [0.25, 0.3) is 0 Å². The van der Waals surface area contributed by atoms with Gasteiger partial charge in [-0.3, -0.25) is 4.79 Å². The molecule has 1 amide bonds. The van der Waals surface area contributed by atoms with Crippen LogP contribution in [0.5, 0.6) is 0 Å². The van der Waals surface area contributed by atoms with Crippen LogP contribution >= 0.6 is 0 Å². The van der Waals surface area contributed by atoms with Crippen molar-refractivity contribution in [1.29, 1.82) is 0 Å². The van der Waals surface area contributed by atoms with Crippen molar-refractivity contribution in [1.82, 2.24) is 5.32 Å². The molecule has 0 aromatic heterocycles. The minimum Gasteiger partial charge on any atom is -0.385 e. The molecule has 1 fully saturated rings. The van der Waals surface area contributed by atoms with Crippen molar-refractivity contribution >= 4 is 5.91 Å². The Morgan fingerprint density at radius 1 is 1.44 bits per heavy atom. The SMILES string of the molecule is COCCCNC(=O)C1(c2ccccc2F)CC1. The lowest BCUT2D eigenvalue weighted by molar-refractivity contribution is -0.123. The highest BCUT2D eigenvalue weighted by molar-refractivity contribution is 5.91. The van der Waals surface area contributed by atoms with Crippen molar-refractivity contribution in [2.24, 2.45) is 0 Å². The average Bonchev–Trinajstić information content (AvgIpc) is 3.16. The number of hydrogen-bond acceptors (Lipinski definition) is 2. The van der Waals surface area contributed by atoms with E-state index in [-0.39, 0.29) is 11.7 Å². The van der Waals surface area contributed by atoms with E-state index in [2.05, 4.69) is 5.32 Å². The van der Waals surface area contributed by atoms with Gasteiger partial charge in [0.15, 0.2) is 0 Å². The smallest absolute Gasteiger partial charge is 0.230 e. The maximum atomic E-state index is 13.7. The fraction of sp³-hybridized carbons (Fsp3) is 0.500. The number of hydrogen-bond donors (Lipinski definition) is 1. The summed E-state index contributed by atoms with van der Waals surface area (Å²) in [4.78, 5) is 12.1. The van der Waals surface area contributed by atoms with Gasteiger partial charge in [0.05, 0.1) is 5.41 Å². The van der Waals surface area contributed by atoms with Crippen LogP contribution in [-0.2, 0) is 14.9 Å². The number of ether oxygens (including phenoxy) is 1. The molecule has 0 bridgehead atoms. The lowest BCUT2D eigenvalue weighted by Gasteiger charge is -2.16. The average molecular weight is 251 g/mol. The van der Waals surface area contributed by atoms with Gasteiger partial charge in [0.25, 0.3) is 0 Å². The molecule has 1 aromatic carbocycles. The van der Waals surface area contributed by atoms with Crippen LogP contribution < -0.4 is 5.32 Å². The highest BCUT2D eigenvalue weighted by Gasteiger charge is 2.52. The van der Waals surface area contributed by atoms with Gasteiger partial charge in [0.2, 0.25) is 5.91 Å². The number of amides is 1. The Hall–Kier alpha value is -1.42. The summed E-state index contributed by atoms with van der Waals surface area (Å²) in [6.07, 6.45) is 2.23. The topological polar surface area (TPSA) is 38.3 Å². The van der Waals surface area contributed by atoms with Crippen molar-refractivity contribution in [2.45, 2.75) is 24.7 Å². The van der Waals surface area contributed by atoms with Gasteiger partial charge < -0.3 is 10.1 Å². The summed E-state index contributed by atoms with van der Waals surface area (Å²) in [5.74, 6) is -0.356. The number of carbonyl (C=O) groups is 1. The number of benzene rings is 1. The number of halogens is 1. The maximum absolute atomic E-state index is 13.7. The molecular weight excluding hydrogens is 233 g/mol. The Balaban J connectivity index is 1.99. The van der Waals surface area contributed by atoms with E-state index in [0.29, 0.717) is 18.7 Å². The van der Waals surface area contributed by atoms with Crippen LogP contribution in [-0.4, -0.2) is 26.2 Å². The van der Waals surface area contributed by atoms with Gasteiger partial charge in [-0.2, -0.15) is 0 Å². The van der Waals surface area contributed by atoms with Crippen molar-refractivity contribution in [3.63, 3.8) is 0 Å². The first-order valence-electron chi connectivity index (χ1n) is 6.23. The van der Waals surface area contributed by atoms with Crippen molar-refractivity contribution < 1.29 is 13.9 Å². The summed E-state index contributed by atoms with van der Waals surface area (Å²) >= 11 is 0. The van der Waals surface area contributed by atoms with Crippen LogP contribution in [0, 0.1) is 5.82 Å². The number of carbonyl (C=O) groups excluding carboxylic acids is 1. The molecule has 0 aliphatic heterocycles. The Bertz CT molecular complexity index is 430. The molecule has 1 aliphatic rings. The predicted molar refractivity (Wildman–Crippen MR) is 66.8 cm³/mol. The Labute approximate surface area is 106 Å². The third-order valence-corrected chi connectivity index (χ3v) is 3.38. The van der Waals surface area contributed by atoms with Gasteiger partial charge in [-0.15, -0.1) is 0 Å². The van der Waals surface area contributed by atoms with Crippen molar-refractivity contribution in [3.8, 4) is 0 Å².